The average molecular weight is 395 g/mol. The molecule has 1 saturated carbocycles. The Hall–Kier alpha value is -2.26. The predicted molar refractivity (Wildman–Crippen MR) is 98.1 cm³/mol. The van der Waals surface area contributed by atoms with E-state index in [4.69, 9.17) is 0 Å². The maximum absolute atomic E-state index is 13.3. The van der Waals surface area contributed by atoms with Gasteiger partial charge in [-0.1, -0.05) is 12.1 Å². The van der Waals surface area contributed by atoms with E-state index in [2.05, 4.69) is 4.98 Å². The van der Waals surface area contributed by atoms with Gasteiger partial charge in [0.25, 0.3) is 5.92 Å². The van der Waals surface area contributed by atoms with Gasteiger partial charge < -0.3 is 5.11 Å². The Labute approximate surface area is 156 Å². The normalized spacial score (nSPS) is 22.0. The van der Waals surface area contributed by atoms with Crippen molar-refractivity contribution in [2.45, 2.75) is 25.9 Å². The monoisotopic (exact) mass is 395 g/mol. The first kappa shape index (κ1) is 18.1. The van der Waals surface area contributed by atoms with Gasteiger partial charge in [-0.25, -0.2) is 22.4 Å². The fourth-order valence-corrected chi connectivity index (χ4v) is 4.71. The number of aryl methyl sites for hydroxylation is 1. The maximum Gasteiger partial charge on any atom is 0.327 e. The highest BCUT2D eigenvalue weighted by Crippen LogP contribution is 2.51. The zero-order valence-corrected chi connectivity index (χ0v) is 15.7. The summed E-state index contributed by atoms with van der Waals surface area (Å²) >= 11 is 0. The number of pyridine rings is 1. The van der Waals surface area contributed by atoms with Crippen LogP contribution in [-0.2, 0) is 16.8 Å². The molecule has 9 heteroatoms. The van der Waals surface area contributed by atoms with Crippen LogP contribution in [0.3, 0.4) is 0 Å². The van der Waals surface area contributed by atoms with E-state index in [9.17, 15) is 22.3 Å². The number of hydrogen-bond donors (Lipinski definition) is 1. The minimum absolute atomic E-state index is 0.115. The van der Waals surface area contributed by atoms with Crippen molar-refractivity contribution in [1.82, 2.24) is 4.98 Å². The van der Waals surface area contributed by atoms with E-state index in [-0.39, 0.29) is 25.4 Å². The number of fused-ring (bicyclic) bond motifs is 1. The van der Waals surface area contributed by atoms with Crippen LogP contribution in [0.15, 0.2) is 30.3 Å². The molecule has 2 heterocycles. The molecule has 6 nitrogen and oxygen atoms in total. The average Bonchev–Trinajstić information content (AvgIpc) is 3.19. The third-order valence-electron chi connectivity index (χ3n) is 5.15. The quantitative estimate of drug-likeness (QED) is 0.864. The summed E-state index contributed by atoms with van der Waals surface area (Å²) in [7, 11) is -2.55. The van der Waals surface area contributed by atoms with Crippen molar-refractivity contribution >= 4 is 21.7 Å². The molecule has 0 saturated heterocycles. The lowest BCUT2D eigenvalue weighted by Gasteiger charge is -2.18. The number of benzene rings is 1. The van der Waals surface area contributed by atoms with Crippen LogP contribution < -0.4 is 8.61 Å². The lowest BCUT2D eigenvalue weighted by Crippen LogP contribution is -2.37. The molecule has 2 aromatic rings. The van der Waals surface area contributed by atoms with Gasteiger partial charge in [-0.3, -0.25) is 0 Å². The summed E-state index contributed by atoms with van der Waals surface area (Å²) in [6, 6.07) is 8.74. The molecule has 0 bridgehead atoms. The number of halogens is 2. The van der Waals surface area contributed by atoms with E-state index in [1.165, 1.54) is 7.05 Å². The van der Waals surface area contributed by atoms with Gasteiger partial charge in [0.15, 0.2) is 5.82 Å². The zero-order valence-electron chi connectivity index (χ0n) is 14.9. The Balaban J connectivity index is 1.76. The molecular formula is C18H19F2N3O3S. The van der Waals surface area contributed by atoms with Crippen LogP contribution >= 0.6 is 0 Å². The standard InChI is InChI=1S/C18H19F2N3O3S/c1-11-3-4-12(10-24)7-14(11)15-5-6-16-17(21-15)22(2)27(25,26)23(16)9-13-8-18(13,19)20/h3-7,13,24H,8-10H2,1-2H3. The number of rotatable bonds is 4. The summed E-state index contributed by atoms with van der Waals surface area (Å²) in [5, 5.41) is 9.36. The van der Waals surface area contributed by atoms with Gasteiger partial charge in [-0.15, -0.1) is 0 Å². The molecular weight excluding hydrogens is 376 g/mol. The predicted octanol–water partition coefficient (Wildman–Crippen LogP) is 2.71. The van der Waals surface area contributed by atoms with Gasteiger partial charge in [0, 0.05) is 31.5 Å². The summed E-state index contributed by atoms with van der Waals surface area (Å²) in [4.78, 5) is 4.49. The Morgan fingerprint density at radius 1 is 1.30 bits per heavy atom. The number of hydrogen-bond acceptors (Lipinski definition) is 4. The SMILES string of the molecule is Cc1ccc(CO)cc1-c1ccc2c(n1)N(C)S(=O)(=O)N2CC1CC1(F)F. The van der Waals surface area contributed by atoms with Gasteiger partial charge in [0.05, 0.1) is 18.0 Å². The number of aliphatic hydroxyl groups is 1. The van der Waals surface area contributed by atoms with E-state index in [1.54, 1.807) is 24.3 Å². The third-order valence-corrected chi connectivity index (χ3v) is 6.92. The van der Waals surface area contributed by atoms with Gasteiger partial charge in [-0.2, -0.15) is 8.42 Å². The van der Waals surface area contributed by atoms with Crippen LogP contribution in [0, 0.1) is 12.8 Å². The minimum atomic E-state index is -3.92. The number of aliphatic hydroxyl groups excluding tert-OH is 1. The fraction of sp³-hybridized carbons (Fsp3) is 0.389. The molecule has 1 unspecified atom stereocenters. The van der Waals surface area contributed by atoms with Crippen molar-refractivity contribution in [2.24, 2.45) is 5.92 Å². The maximum atomic E-state index is 13.3. The molecule has 1 N–H and O–H groups in total. The highest BCUT2D eigenvalue weighted by Gasteiger charge is 2.59. The van der Waals surface area contributed by atoms with E-state index < -0.39 is 22.0 Å². The van der Waals surface area contributed by atoms with E-state index in [0.717, 1.165) is 25.3 Å². The number of alkyl halides is 2. The van der Waals surface area contributed by atoms with Crippen LogP contribution in [0.2, 0.25) is 0 Å². The molecule has 0 radical (unpaired) electrons. The molecule has 1 aliphatic heterocycles. The molecule has 4 rings (SSSR count). The van der Waals surface area contributed by atoms with Crippen LogP contribution in [0.4, 0.5) is 20.3 Å². The second kappa shape index (κ2) is 5.87. The van der Waals surface area contributed by atoms with Crippen molar-refractivity contribution in [3.05, 3.63) is 41.5 Å². The van der Waals surface area contributed by atoms with E-state index in [1.807, 2.05) is 13.0 Å². The van der Waals surface area contributed by atoms with Crippen LogP contribution in [0.1, 0.15) is 17.5 Å². The highest BCUT2D eigenvalue weighted by molar-refractivity contribution is 7.94. The number of aromatic nitrogens is 1. The first-order chi connectivity index (χ1) is 12.6. The first-order valence-corrected chi connectivity index (χ1v) is 9.91. The summed E-state index contributed by atoms with van der Waals surface area (Å²) < 4.78 is 54.0. The fourth-order valence-electron chi connectivity index (χ4n) is 3.30. The molecule has 1 aromatic carbocycles. The van der Waals surface area contributed by atoms with Crippen LogP contribution in [0.25, 0.3) is 11.3 Å². The van der Waals surface area contributed by atoms with Crippen molar-refractivity contribution in [3.63, 3.8) is 0 Å². The Morgan fingerprint density at radius 2 is 2.00 bits per heavy atom. The second-order valence-electron chi connectivity index (χ2n) is 7.02. The largest absolute Gasteiger partial charge is 0.392 e. The molecule has 144 valence electrons. The molecule has 1 aliphatic carbocycles. The molecule has 27 heavy (non-hydrogen) atoms. The van der Waals surface area contributed by atoms with Crippen LogP contribution in [-0.4, -0.2) is 38.0 Å². The zero-order chi connectivity index (χ0) is 19.6. The summed E-state index contributed by atoms with van der Waals surface area (Å²) in [5.41, 5.74) is 3.29. The number of anilines is 2. The third kappa shape index (κ3) is 2.85. The Kier molecular flexibility index (Phi) is 3.94. The van der Waals surface area contributed by atoms with Gasteiger partial charge in [-0.05, 0) is 36.2 Å². The summed E-state index contributed by atoms with van der Waals surface area (Å²) in [5.74, 6) is -3.55. The van der Waals surface area contributed by atoms with Crippen molar-refractivity contribution in [2.75, 3.05) is 22.2 Å². The molecule has 0 amide bonds. The van der Waals surface area contributed by atoms with Crippen molar-refractivity contribution in [3.8, 4) is 11.3 Å². The first-order valence-electron chi connectivity index (χ1n) is 8.51. The molecule has 0 spiro atoms. The van der Waals surface area contributed by atoms with Gasteiger partial charge >= 0.3 is 10.2 Å². The lowest BCUT2D eigenvalue weighted by molar-refractivity contribution is 0.101. The Morgan fingerprint density at radius 3 is 2.63 bits per heavy atom. The van der Waals surface area contributed by atoms with E-state index in [0.29, 0.717) is 11.4 Å². The Bertz CT molecular complexity index is 1030. The topological polar surface area (TPSA) is 73.7 Å². The molecule has 1 fully saturated rings. The lowest BCUT2D eigenvalue weighted by atomic mass is 10.0. The van der Waals surface area contributed by atoms with E-state index >= 15 is 0 Å². The summed E-state index contributed by atoms with van der Waals surface area (Å²) in [6.45, 7) is 1.52. The minimum Gasteiger partial charge on any atom is -0.392 e. The van der Waals surface area contributed by atoms with Gasteiger partial charge in [0.2, 0.25) is 0 Å². The van der Waals surface area contributed by atoms with Crippen LogP contribution in [0.5, 0.6) is 0 Å². The van der Waals surface area contributed by atoms with Crippen molar-refractivity contribution < 1.29 is 22.3 Å². The molecule has 1 atom stereocenters. The van der Waals surface area contributed by atoms with Gasteiger partial charge in [0.1, 0.15) is 0 Å². The molecule has 2 aliphatic rings. The number of nitrogens with zero attached hydrogens (tertiary/aromatic N) is 3. The smallest absolute Gasteiger partial charge is 0.327 e. The summed E-state index contributed by atoms with van der Waals surface area (Å²) in [6.07, 6.45) is -0.295. The highest BCUT2D eigenvalue weighted by atomic mass is 32.2. The molecule has 1 aromatic heterocycles. The second-order valence-corrected chi connectivity index (χ2v) is 8.90. The van der Waals surface area contributed by atoms with Crippen molar-refractivity contribution in [1.29, 1.82) is 0 Å².